The normalized spacial score (nSPS) is 17.8. The monoisotopic (exact) mass is 231 g/mol. The van der Waals surface area contributed by atoms with E-state index in [-0.39, 0.29) is 0 Å². The van der Waals surface area contributed by atoms with Gasteiger partial charge in [0, 0.05) is 18.5 Å². The van der Waals surface area contributed by atoms with E-state index in [9.17, 15) is 0 Å². The lowest BCUT2D eigenvalue weighted by atomic mass is 10.1. The van der Waals surface area contributed by atoms with Crippen molar-refractivity contribution in [3.63, 3.8) is 0 Å². The Morgan fingerprint density at radius 2 is 1.80 bits per heavy atom. The molecule has 1 fully saturated rings. The van der Waals surface area contributed by atoms with Crippen molar-refractivity contribution in [2.45, 2.75) is 64.3 Å². The SMILES string of the molecule is CCCCCCN(CCCl)C1CCCC1. The van der Waals surface area contributed by atoms with E-state index in [1.807, 2.05) is 0 Å². The molecule has 1 saturated carbocycles. The van der Waals surface area contributed by atoms with E-state index >= 15 is 0 Å². The number of rotatable bonds is 8. The summed E-state index contributed by atoms with van der Waals surface area (Å²) in [6.07, 6.45) is 11.1. The molecule has 0 unspecified atom stereocenters. The number of hydrogen-bond donors (Lipinski definition) is 0. The van der Waals surface area contributed by atoms with Crippen molar-refractivity contribution in [1.82, 2.24) is 4.90 Å². The van der Waals surface area contributed by atoms with Gasteiger partial charge in [0.15, 0.2) is 0 Å². The lowest BCUT2D eigenvalue weighted by Gasteiger charge is -2.27. The summed E-state index contributed by atoms with van der Waals surface area (Å²) in [6, 6.07) is 0.852. The Bertz CT molecular complexity index is 143. The fourth-order valence-electron chi connectivity index (χ4n) is 2.60. The Balaban J connectivity index is 2.17. The van der Waals surface area contributed by atoms with Gasteiger partial charge in [-0.15, -0.1) is 11.6 Å². The van der Waals surface area contributed by atoms with Crippen LogP contribution in [0.25, 0.3) is 0 Å². The van der Waals surface area contributed by atoms with Gasteiger partial charge in [0.1, 0.15) is 0 Å². The first-order chi connectivity index (χ1) is 7.38. The number of unbranched alkanes of at least 4 members (excludes halogenated alkanes) is 3. The molecule has 0 radical (unpaired) electrons. The standard InChI is InChI=1S/C13H26ClN/c1-2-3-4-7-11-15(12-10-14)13-8-5-6-9-13/h13H,2-12H2,1H3. The van der Waals surface area contributed by atoms with Crippen LogP contribution < -0.4 is 0 Å². The maximum Gasteiger partial charge on any atom is 0.0351 e. The first-order valence-electron chi connectivity index (χ1n) is 6.68. The summed E-state index contributed by atoms with van der Waals surface area (Å²) in [6.45, 7) is 4.64. The molecule has 0 aromatic carbocycles. The zero-order valence-electron chi connectivity index (χ0n) is 10.2. The zero-order valence-corrected chi connectivity index (χ0v) is 10.9. The van der Waals surface area contributed by atoms with Crippen LogP contribution in [-0.4, -0.2) is 29.9 Å². The van der Waals surface area contributed by atoms with Crippen LogP contribution in [0.15, 0.2) is 0 Å². The van der Waals surface area contributed by atoms with Gasteiger partial charge in [-0.25, -0.2) is 0 Å². The molecule has 0 saturated heterocycles. The molecule has 0 aromatic rings. The Morgan fingerprint density at radius 3 is 2.40 bits per heavy atom. The predicted molar refractivity (Wildman–Crippen MR) is 68.7 cm³/mol. The van der Waals surface area contributed by atoms with E-state index < -0.39 is 0 Å². The van der Waals surface area contributed by atoms with E-state index in [4.69, 9.17) is 11.6 Å². The van der Waals surface area contributed by atoms with Crippen LogP contribution in [-0.2, 0) is 0 Å². The highest BCUT2D eigenvalue weighted by Gasteiger charge is 2.21. The average Bonchev–Trinajstić information content (AvgIpc) is 2.76. The van der Waals surface area contributed by atoms with Crippen LogP contribution in [0.5, 0.6) is 0 Å². The van der Waals surface area contributed by atoms with Gasteiger partial charge in [-0.3, -0.25) is 4.90 Å². The molecule has 0 atom stereocenters. The van der Waals surface area contributed by atoms with E-state index in [1.54, 1.807) is 0 Å². The van der Waals surface area contributed by atoms with Crippen molar-refractivity contribution in [3.8, 4) is 0 Å². The van der Waals surface area contributed by atoms with Crippen LogP contribution in [0.4, 0.5) is 0 Å². The van der Waals surface area contributed by atoms with Gasteiger partial charge in [-0.05, 0) is 25.8 Å². The second kappa shape index (κ2) is 8.41. The summed E-state index contributed by atoms with van der Waals surface area (Å²) in [5.74, 6) is 0.796. The van der Waals surface area contributed by atoms with Gasteiger partial charge >= 0.3 is 0 Å². The van der Waals surface area contributed by atoms with E-state index in [1.165, 1.54) is 57.9 Å². The van der Waals surface area contributed by atoms with Crippen LogP contribution >= 0.6 is 11.6 Å². The molecular formula is C13H26ClN. The second-order valence-electron chi connectivity index (χ2n) is 4.72. The van der Waals surface area contributed by atoms with E-state index in [0.717, 1.165) is 18.5 Å². The zero-order chi connectivity index (χ0) is 10.9. The molecule has 15 heavy (non-hydrogen) atoms. The van der Waals surface area contributed by atoms with Crippen molar-refractivity contribution >= 4 is 11.6 Å². The van der Waals surface area contributed by atoms with Crippen LogP contribution in [0.2, 0.25) is 0 Å². The van der Waals surface area contributed by atoms with Gasteiger partial charge in [-0.1, -0.05) is 39.0 Å². The summed E-state index contributed by atoms with van der Waals surface area (Å²) in [5.41, 5.74) is 0. The number of alkyl halides is 1. The topological polar surface area (TPSA) is 3.24 Å². The number of hydrogen-bond acceptors (Lipinski definition) is 1. The highest BCUT2D eigenvalue weighted by molar-refractivity contribution is 6.18. The van der Waals surface area contributed by atoms with Gasteiger partial charge in [0.05, 0.1) is 0 Å². The smallest absolute Gasteiger partial charge is 0.0351 e. The van der Waals surface area contributed by atoms with Gasteiger partial charge in [0.25, 0.3) is 0 Å². The minimum absolute atomic E-state index is 0.796. The Labute approximate surface area is 100 Å². The lowest BCUT2D eigenvalue weighted by molar-refractivity contribution is 0.206. The molecule has 0 spiro atoms. The maximum absolute atomic E-state index is 5.87. The highest BCUT2D eigenvalue weighted by Crippen LogP contribution is 2.23. The third-order valence-corrected chi connectivity index (χ3v) is 3.68. The van der Waals surface area contributed by atoms with Crippen LogP contribution in [0.3, 0.4) is 0 Å². The molecule has 0 bridgehead atoms. The molecule has 1 aliphatic rings. The predicted octanol–water partition coefficient (Wildman–Crippen LogP) is 4.05. The molecular weight excluding hydrogens is 206 g/mol. The number of nitrogens with zero attached hydrogens (tertiary/aromatic N) is 1. The van der Waals surface area contributed by atoms with Crippen molar-refractivity contribution in [2.24, 2.45) is 0 Å². The molecule has 0 amide bonds. The molecule has 0 aromatic heterocycles. The van der Waals surface area contributed by atoms with E-state index in [2.05, 4.69) is 11.8 Å². The van der Waals surface area contributed by atoms with Crippen molar-refractivity contribution in [2.75, 3.05) is 19.0 Å². The minimum Gasteiger partial charge on any atom is -0.299 e. The Hall–Kier alpha value is 0.250. The molecule has 1 nitrogen and oxygen atoms in total. The van der Waals surface area contributed by atoms with Gasteiger partial charge < -0.3 is 0 Å². The van der Waals surface area contributed by atoms with Crippen molar-refractivity contribution in [1.29, 1.82) is 0 Å². The highest BCUT2D eigenvalue weighted by atomic mass is 35.5. The first kappa shape index (κ1) is 13.3. The minimum atomic E-state index is 0.796. The number of halogens is 1. The van der Waals surface area contributed by atoms with Crippen molar-refractivity contribution < 1.29 is 0 Å². The first-order valence-corrected chi connectivity index (χ1v) is 7.22. The summed E-state index contributed by atoms with van der Waals surface area (Å²) >= 11 is 5.87. The summed E-state index contributed by atoms with van der Waals surface area (Å²) in [4.78, 5) is 2.63. The molecule has 90 valence electrons. The molecule has 0 aliphatic heterocycles. The molecule has 1 rings (SSSR count). The van der Waals surface area contributed by atoms with Crippen LogP contribution in [0, 0.1) is 0 Å². The largest absolute Gasteiger partial charge is 0.299 e. The molecule has 2 heteroatoms. The quantitative estimate of drug-likeness (QED) is 0.450. The summed E-state index contributed by atoms with van der Waals surface area (Å²) in [7, 11) is 0. The van der Waals surface area contributed by atoms with Gasteiger partial charge in [0.2, 0.25) is 0 Å². The average molecular weight is 232 g/mol. The third-order valence-electron chi connectivity index (χ3n) is 3.51. The van der Waals surface area contributed by atoms with Gasteiger partial charge in [-0.2, -0.15) is 0 Å². The second-order valence-corrected chi connectivity index (χ2v) is 5.10. The molecule has 0 heterocycles. The fraction of sp³-hybridized carbons (Fsp3) is 1.00. The Morgan fingerprint density at radius 1 is 1.07 bits per heavy atom. The summed E-state index contributed by atoms with van der Waals surface area (Å²) < 4.78 is 0. The van der Waals surface area contributed by atoms with E-state index in [0.29, 0.717) is 0 Å². The fourth-order valence-corrected chi connectivity index (χ4v) is 2.81. The van der Waals surface area contributed by atoms with Crippen LogP contribution in [0.1, 0.15) is 58.3 Å². The summed E-state index contributed by atoms with van der Waals surface area (Å²) in [5, 5.41) is 0. The Kier molecular flexibility index (Phi) is 7.46. The van der Waals surface area contributed by atoms with Crippen molar-refractivity contribution in [3.05, 3.63) is 0 Å². The lowest BCUT2D eigenvalue weighted by Crippen LogP contribution is -2.35. The third kappa shape index (κ3) is 5.21. The maximum atomic E-state index is 5.87. The molecule has 1 aliphatic carbocycles. The molecule has 0 N–H and O–H groups in total.